The monoisotopic (exact) mass is 281 g/mol. The van der Waals surface area contributed by atoms with Gasteiger partial charge in [-0.2, -0.15) is 0 Å². The van der Waals surface area contributed by atoms with E-state index in [2.05, 4.69) is 17.1 Å². The highest BCUT2D eigenvalue weighted by Crippen LogP contribution is 2.30. The summed E-state index contributed by atoms with van der Waals surface area (Å²) in [6.07, 6.45) is 8.29. The van der Waals surface area contributed by atoms with Crippen molar-refractivity contribution in [1.82, 2.24) is 10.2 Å². The van der Waals surface area contributed by atoms with Crippen molar-refractivity contribution in [2.45, 2.75) is 70.4 Å². The van der Waals surface area contributed by atoms with Crippen molar-refractivity contribution in [3.8, 4) is 0 Å². The maximum atomic E-state index is 11.7. The summed E-state index contributed by atoms with van der Waals surface area (Å²) in [6, 6.07) is 0.519. The lowest BCUT2D eigenvalue weighted by atomic mass is 9.94. The van der Waals surface area contributed by atoms with E-state index < -0.39 is 5.54 Å². The van der Waals surface area contributed by atoms with Crippen molar-refractivity contribution in [2.75, 3.05) is 19.6 Å². The maximum Gasteiger partial charge on any atom is 0.237 e. The van der Waals surface area contributed by atoms with Gasteiger partial charge in [-0.3, -0.25) is 4.79 Å². The van der Waals surface area contributed by atoms with Crippen molar-refractivity contribution < 1.29 is 4.79 Å². The van der Waals surface area contributed by atoms with Crippen molar-refractivity contribution in [1.29, 1.82) is 0 Å². The van der Waals surface area contributed by atoms with Crippen LogP contribution in [0.15, 0.2) is 0 Å². The molecule has 0 saturated heterocycles. The second kappa shape index (κ2) is 6.90. The smallest absolute Gasteiger partial charge is 0.237 e. The zero-order valence-corrected chi connectivity index (χ0v) is 13.2. The van der Waals surface area contributed by atoms with Crippen LogP contribution in [-0.2, 0) is 4.79 Å². The summed E-state index contributed by atoms with van der Waals surface area (Å²) in [5.74, 6) is 0.738. The topological polar surface area (TPSA) is 58.4 Å². The Morgan fingerprint density at radius 2 is 2.00 bits per heavy atom. The molecule has 2 fully saturated rings. The molecule has 0 aromatic carbocycles. The van der Waals surface area contributed by atoms with Crippen LogP contribution in [0.2, 0.25) is 0 Å². The second-order valence-electron chi connectivity index (χ2n) is 6.96. The molecule has 4 heteroatoms. The van der Waals surface area contributed by atoms with Gasteiger partial charge >= 0.3 is 0 Å². The third kappa shape index (κ3) is 5.06. The molecule has 2 aliphatic rings. The molecule has 4 nitrogen and oxygen atoms in total. The summed E-state index contributed by atoms with van der Waals surface area (Å²) in [6.45, 7) is 7.73. The Bertz CT molecular complexity index is 326. The lowest BCUT2D eigenvalue weighted by Gasteiger charge is -2.29. The van der Waals surface area contributed by atoms with E-state index in [0.717, 1.165) is 25.3 Å². The van der Waals surface area contributed by atoms with Crippen LogP contribution < -0.4 is 11.1 Å². The van der Waals surface area contributed by atoms with Gasteiger partial charge < -0.3 is 16.0 Å². The number of hydrogen-bond donors (Lipinski definition) is 2. The van der Waals surface area contributed by atoms with Crippen LogP contribution in [0.4, 0.5) is 0 Å². The van der Waals surface area contributed by atoms with Crippen molar-refractivity contribution in [2.24, 2.45) is 11.7 Å². The summed E-state index contributed by atoms with van der Waals surface area (Å²) in [5.41, 5.74) is 5.08. The van der Waals surface area contributed by atoms with Crippen LogP contribution >= 0.6 is 0 Å². The molecule has 0 aliphatic heterocycles. The van der Waals surface area contributed by atoms with Gasteiger partial charge in [-0.05, 0) is 70.9 Å². The van der Waals surface area contributed by atoms with Crippen molar-refractivity contribution in [3.63, 3.8) is 0 Å². The second-order valence-corrected chi connectivity index (χ2v) is 6.96. The fourth-order valence-electron chi connectivity index (χ4n) is 2.88. The molecule has 20 heavy (non-hydrogen) atoms. The molecular formula is C16H31N3O. The summed E-state index contributed by atoms with van der Waals surface area (Å²) in [7, 11) is 0. The standard InChI is InChI=1S/C16H31N3O/c1-3-10-19(12-13-5-6-13)11-4-9-16(2,15(17)20)18-14-7-8-14/h13-14,18H,3-12H2,1-2H3,(H2,17,20). The Labute approximate surface area is 123 Å². The van der Waals surface area contributed by atoms with E-state index in [4.69, 9.17) is 5.73 Å². The van der Waals surface area contributed by atoms with Gasteiger partial charge in [-0.25, -0.2) is 0 Å². The molecule has 0 radical (unpaired) electrons. The minimum absolute atomic E-state index is 0.200. The first-order valence-corrected chi connectivity index (χ1v) is 8.33. The molecule has 1 unspecified atom stereocenters. The van der Waals surface area contributed by atoms with Crippen LogP contribution in [0.3, 0.4) is 0 Å². The molecular weight excluding hydrogens is 250 g/mol. The number of nitrogens with one attached hydrogen (secondary N) is 1. The lowest BCUT2D eigenvalue weighted by molar-refractivity contribution is -0.124. The van der Waals surface area contributed by atoms with E-state index >= 15 is 0 Å². The highest BCUT2D eigenvalue weighted by atomic mass is 16.1. The van der Waals surface area contributed by atoms with E-state index in [1.54, 1.807) is 0 Å². The summed E-state index contributed by atoms with van der Waals surface area (Å²) >= 11 is 0. The average molecular weight is 281 g/mol. The van der Waals surface area contributed by atoms with Gasteiger partial charge in [0.15, 0.2) is 0 Å². The maximum absolute atomic E-state index is 11.7. The van der Waals surface area contributed by atoms with Crippen LogP contribution in [0.25, 0.3) is 0 Å². The highest BCUT2D eigenvalue weighted by Gasteiger charge is 2.36. The van der Waals surface area contributed by atoms with Crippen LogP contribution in [-0.4, -0.2) is 42.0 Å². The van der Waals surface area contributed by atoms with Gasteiger partial charge in [0.05, 0.1) is 5.54 Å². The first-order valence-electron chi connectivity index (χ1n) is 8.33. The number of rotatable bonds is 11. The number of nitrogens with zero attached hydrogens (tertiary/aromatic N) is 1. The van der Waals surface area contributed by atoms with E-state index in [0.29, 0.717) is 6.04 Å². The predicted octanol–water partition coefficient (Wildman–Crippen LogP) is 1.88. The molecule has 0 heterocycles. The Morgan fingerprint density at radius 1 is 1.30 bits per heavy atom. The summed E-state index contributed by atoms with van der Waals surface area (Å²) in [4.78, 5) is 14.3. The molecule has 116 valence electrons. The third-order valence-electron chi connectivity index (χ3n) is 4.55. The molecule has 0 aromatic heterocycles. The molecule has 0 spiro atoms. The van der Waals surface area contributed by atoms with E-state index in [1.807, 2.05) is 6.92 Å². The molecule has 0 bridgehead atoms. The average Bonchev–Trinajstić information content (AvgIpc) is 3.25. The zero-order chi connectivity index (χ0) is 14.6. The minimum atomic E-state index is -0.515. The van der Waals surface area contributed by atoms with Crippen LogP contribution in [0.1, 0.15) is 58.8 Å². The number of primary amides is 1. The Hall–Kier alpha value is -0.610. The Morgan fingerprint density at radius 3 is 2.50 bits per heavy atom. The number of carbonyl (C=O) groups excluding carboxylic acids is 1. The zero-order valence-electron chi connectivity index (χ0n) is 13.2. The van der Waals surface area contributed by atoms with E-state index in [9.17, 15) is 4.79 Å². The van der Waals surface area contributed by atoms with E-state index in [1.165, 1.54) is 45.2 Å². The molecule has 0 aromatic rings. The Balaban J connectivity index is 1.73. The largest absolute Gasteiger partial charge is 0.368 e. The normalized spacial score (nSPS) is 21.9. The minimum Gasteiger partial charge on any atom is -0.368 e. The first-order chi connectivity index (χ1) is 9.53. The quantitative estimate of drug-likeness (QED) is 0.608. The summed E-state index contributed by atoms with van der Waals surface area (Å²) in [5, 5.41) is 3.43. The van der Waals surface area contributed by atoms with Gasteiger partial charge in [-0.1, -0.05) is 6.92 Å². The number of hydrogen-bond acceptors (Lipinski definition) is 3. The number of carbonyl (C=O) groups is 1. The Kier molecular flexibility index (Phi) is 5.44. The fraction of sp³-hybridized carbons (Fsp3) is 0.938. The van der Waals surface area contributed by atoms with Gasteiger partial charge in [0.1, 0.15) is 0 Å². The van der Waals surface area contributed by atoms with Gasteiger partial charge in [0.2, 0.25) is 5.91 Å². The van der Waals surface area contributed by atoms with Crippen molar-refractivity contribution >= 4 is 5.91 Å². The molecule has 1 amide bonds. The van der Waals surface area contributed by atoms with Crippen LogP contribution in [0.5, 0.6) is 0 Å². The van der Waals surface area contributed by atoms with Gasteiger partial charge in [-0.15, -0.1) is 0 Å². The van der Waals surface area contributed by atoms with Crippen molar-refractivity contribution in [3.05, 3.63) is 0 Å². The number of nitrogens with two attached hydrogens (primary N) is 1. The molecule has 2 aliphatic carbocycles. The fourth-order valence-corrected chi connectivity index (χ4v) is 2.88. The lowest BCUT2D eigenvalue weighted by Crippen LogP contribution is -2.54. The highest BCUT2D eigenvalue weighted by molar-refractivity contribution is 5.84. The van der Waals surface area contributed by atoms with Gasteiger partial charge in [0.25, 0.3) is 0 Å². The number of amides is 1. The SMILES string of the molecule is CCCN(CCCC(C)(NC1CC1)C(N)=O)CC1CC1. The third-order valence-corrected chi connectivity index (χ3v) is 4.55. The van der Waals surface area contributed by atoms with Crippen LogP contribution in [0, 0.1) is 5.92 Å². The van der Waals surface area contributed by atoms with E-state index in [-0.39, 0.29) is 5.91 Å². The summed E-state index contributed by atoms with van der Waals surface area (Å²) < 4.78 is 0. The molecule has 1 atom stereocenters. The van der Waals surface area contributed by atoms with Gasteiger partial charge in [0, 0.05) is 12.6 Å². The molecule has 3 N–H and O–H groups in total. The first kappa shape index (κ1) is 15.8. The molecule has 2 saturated carbocycles. The molecule has 2 rings (SSSR count). The predicted molar refractivity (Wildman–Crippen MR) is 82.4 cm³/mol.